The number of rotatable bonds is 2. The van der Waals surface area contributed by atoms with Gasteiger partial charge in [-0.1, -0.05) is 42.0 Å². The Morgan fingerprint density at radius 2 is 1.92 bits per heavy atom. The summed E-state index contributed by atoms with van der Waals surface area (Å²) in [5, 5.41) is -0.154. The summed E-state index contributed by atoms with van der Waals surface area (Å²) >= 11 is 6.21. The monoisotopic (exact) mass is 367 g/mol. The maximum Gasteiger partial charge on any atom is 0.226 e. The van der Waals surface area contributed by atoms with Gasteiger partial charge < -0.3 is 4.90 Å². The van der Waals surface area contributed by atoms with E-state index in [0.29, 0.717) is 23.6 Å². The molecule has 0 aromatic heterocycles. The lowest BCUT2D eigenvalue weighted by Crippen LogP contribution is -2.38. The van der Waals surface area contributed by atoms with Gasteiger partial charge in [0.25, 0.3) is 0 Å². The van der Waals surface area contributed by atoms with Crippen molar-refractivity contribution in [2.45, 2.75) is 30.9 Å². The first-order valence-electron chi connectivity index (χ1n) is 8.39. The Morgan fingerprint density at radius 3 is 2.62 bits per heavy atom. The van der Waals surface area contributed by atoms with E-state index < -0.39 is 15.1 Å². The predicted octanol–water partition coefficient (Wildman–Crippen LogP) is 3.38. The molecule has 130 valence electrons. The summed E-state index contributed by atoms with van der Waals surface area (Å²) in [6.07, 6.45) is 7.09. The average Bonchev–Trinajstić information content (AvgIpc) is 2.74. The lowest BCUT2D eigenvalue weighted by Gasteiger charge is -2.26. The molecular weight excluding hydrogens is 346 g/mol. The van der Waals surface area contributed by atoms with Crippen molar-refractivity contribution in [3.63, 3.8) is 0 Å². The van der Waals surface area contributed by atoms with Gasteiger partial charge in [0.2, 0.25) is 5.91 Å². The molecule has 1 aromatic rings. The zero-order chi connectivity index (χ0) is 17.2. The molecule has 1 aliphatic carbocycles. The third-order valence-corrected chi connectivity index (χ3v) is 7.37. The molecule has 2 aliphatic rings. The SMILES string of the molecule is O=C(C1CC=CCC1)N1CCC(c2ccccc2Cl)S(=O)(=O)CC1. The van der Waals surface area contributed by atoms with E-state index in [1.807, 2.05) is 6.08 Å². The van der Waals surface area contributed by atoms with Gasteiger partial charge in [-0.05, 0) is 37.3 Å². The van der Waals surface area contributed by atoms with Gasteiger partial charge >= 0.3 is 0 Å². The van der Waals surface area contributed by atoms with Gasteiger partial charge in [0.05, 0.1) is 11.0 Å². The highest BCUT2D eigenvalue weighted by atomic mass is 35.5. The predicted molar refractivity (Wildman–Crippen MR) is 95.7 cm³/mol. The minimum atomic E-state index is -3.33. The maximum atomic E-state index is 12.7. The van der Waals surface area contributed by atoms with Crippen LogP contribution in [-0.4, -0.2) is 38.1 Å². The van der Waals surface area contributed by atoms with E-state index in [-0.39, 0.29) is 24.1 Å². The quantitative estimate of drug-likeness (QED) is 0.753. The molecule has 3 rings (SSSR count). The Balaban J connectivity index is 1.78. The fourth-order valence-electron chi connectivity index (χ4n) is 3.53. The molecule has 1 fully saturated rings. The van der Waals surface area contributed by atoms with Crippen LogP contribution >= 0.6 is 11.6 Å². The lowest BCUT2D eigenvalue weighted by atomic mass is 9.93. The first-order chi connectivity index (χ1) is 11.5. The highest BCUT2D eigenvalue weighted by Crippen LogP contribution is 2.34. The Labute approximate surface area is 148 Å². The summed E-state index contributed by atoms with van der Waals surface area (Å²) in [5.74, 6) is 0.0842. The number of sulfone groups is 1. The molecule has 1 heterocycles. The van der Waals surface area contributed by atoms with Crippen molar-refractivity contribution in [3.8, 4) is 0 Å². The molecule has 0 spiro atoms. The zero-order valence-electron chi connectivity index (χ0n) is 13.5. The maximum absolute atomic E-state index is 12.7. The number of carbonyl (C=O) groups is 1. The summed E-state index contributed by atoms with van der Waals surface area (Å²) in [5.41, 5.74) is 0.647. The van der Waals surface area contributed by atoms with Crippen molar-refractivity contribution >= 4 is 27.3 Å². The van der Waals surface area contributed by atoms with E-state index in [1.54, 1.807) is 29.2 Å². The first kappa shape index (κ1) is 17.5. The summed E-state index contributed by atoms with van der Waals surface area (Å²) in [4.78, 5) is 14.4. The van der Waals surface area contributed by atoms with Crippen molar-refractivity contribution < 1.29 is 13.2 Å². The van der Waals surface area contributed by atoms with E-state index in [4.69, 9.17) is 11.6 Å². The number of carbonyl (C=O) groups excluding carboxylic acids is 1. The van der Waals surface area contributed by atoms with Gasteiger partial charge in [0.15, 0.2) is 9.84 Å². The van der Waals surface area contributed by atoms with Crippen LogP contribution in [0.25, 0.3) is 0 Å². The van der Waals surface area contributed by atoms with Crippen LogP contribution in [0.3, 0.4) is 0 Å². The lowest BCUT2D eigenvalue weighted by molar-refractivity contribution is -0.135. The van der Waals surface area contributed by atoms with E-state index >= 15 is 0 Å². The van der Waals surface area contributed by atoms with Gasteiger partial charge in [-0.25, -0.2) is 8.42 Å². The highest BCUT2D eigenvalue weighted by Gasteiger charge is 2.35. The van der Waals surface area contributed by atoms with Crippen molar-refractivity contribution in [1.82, 2.24) is 4.90 Å². The summed E-state index contributed by atoms with van der Waals surface area (Å²) < 4.78 is 25.4. The molecule has 0 bridgehead atoms. The minimum Gasteiger partial charge on any atom is -0.341 e. The fraction of sp³-hybridized carbons (Fsp3) is 0.500. The second kappa shape index (κ2) is 7.28. The van der Waals surface area contributed by atoms with Crippen LogP contribution < -0.4 is 0 Å². The van der Waals surface area contributed by atoms with Crippen LogP contribution in [0.15, 0.2) is 36.4 Å². The molecule has 1 aliphatic heterocycles. The fourth-order valence-corrected chi connectivity index (χ4v) is 5.67. The van der Waals surface area contributed by atoms with Gasteiger partial charge in [-0.3, -0.25) is 4.79 Å². The van der Waals surface area contributed by atoms with E-state index in [2.05, 4.69) is 6.08 Å². The zero-order valence-corrected chi connectivity index (χ0v) is 15.1. The molecule has 1 saturated heterocycles. The van der Waals surface area contributed by atoms with Crippen molar-refractivity contribution in [1.29, 1.82) is 0 Å². The number of allylic oxidation sites excluding steroid dienone is 2. The van der Waals surface area contributed by atoms with E-state index in [1.165, 1.54) is 0 Å². The molecule has 6 heteroatoms. The van der Waals surface area contributed by atoms with Gasteiger partial charge in [-0.2, -0.15) is 0 Å². The number of hydrogen-bond acceptors (Lipinski definition) is 3. The Hall–Kier alpha value is -1.33. The summed E-state index contributed by atoms with van der Waals surface area (Å²) in [6.45, 7) is 0.747. The van der Waals surface area contributed by atoms with E-state index in [9.17, 15) is 13.2 Å². The molecule has 0 radical (unpaired) electrons. The number of amides is 1. The number of halogens is 1. The van der Waals surface area contributed by atoms with Crippen LogP contribution in [0.5, 0.6) is 0 Å². The van der Waals surface area contributed by atoms with Crippen LogP contribution in [0.2, 0.25) is 5.02 Å². The van der Waals surface area contributed by atoms with Crippen LogP contribution in [-0.2, 0) is 14.6 Å². The van der Waals surface area contributed by atoms with Gasteiger partial charge in [0.1, 0.15) is 0 Å². The smallest absolute Gasteiger partial charge is 0.226 e. The molecule has 1 aromatic carbocycles. The van der Waals surface area contributed by atoms with Crippen molar-refractivity contribution in [2.24, 2.45) is 5.92 Å². The standard InChI is InChI=1S/C18H22ClNO3S/c19-16-9-5-4-8-15(16)17-10-11-20(12-13-24(17,22)23)18(21)14-6-2-1-3-7-14/h1-2,4-5,8-9,14,17H,3,6-7,10-13H2. The van der Waals surface area contributed by atoms with Gasteiger partial charge in [0, 0.05) is 24.0 Å². The molecule has 1 amide bonds. The second-order valence-corrected chi connectivity index (χ2v) is 9.18. The Bertz CT molecular complexity index is 744. The van der Waals surface area contributed by atoms with Crippen LogP contribution in [0.1, 0.15) is 36.5 Å². The van der Waals surface area contributed by atoms with E-state index in [0.717, 1.165) is 19.3 Å². The highest BCUT2D eigenvalue weighted by molar-refractivity contribution is 7.91. The summed E-state index contributed by atoms with van der Waals surface area (Å²) in [7, 11) is -3.33. The molecule has 24 heavy (non-hydrogen) atoms. The first-order valence-corrected chi connectivity index (χ1v) is 10.5. The normalized spacial score (nSPS) is 26.8. The Kier molecular flexibility index (Phi) is 5.30. The second-order valence-electron chi connectivity index (χ2n) is 6.47. The third kappa shape index (κ3) is 3.67. The largest absolute Gasteiger partial charge is 0.341 e. The average molecular weight is 368 g/mol. The topological polar surface area (TPSA) is 54.5 Å². The molecule has 2 atom stereocenters. The van der Waals surface area contributed by atoms with Crippen molar-refractivity contribution in [3.05, 3.63) is 47.0 Å². The molecule has 4 nitrogen and oxygen atoms in total. The third-order valence-electron chi connectivity index (χ3n) is 4.92. The van der Waals surface area contributed by atoms with Gasteiger partial charge in [-0.15, -0.1) is 0 Å². The molecule has 0 N–H and O–H groups in total. The number of nitrogens with zero attached hydrogens (tertiary/aromatic N) is 1. The molecule has 2 unspecified atom stereocenters. The molecular formula is C18H22ClNO3S. The number of benzene rings is 1. The van der Waals surface area contributed by atoms with Crippen molar-refractivity contribution in [2.75, 3.05) is 18.8 Å². The number of hydrogen-bond donors (Lipinski definition) is 0. The van der Waals surface area contributed by atoms with Crippen LogP contribution in [0.4, 0.5) is 0 Å². The summed E-state index contributed by atoms with van der Waals surface area (Å²) in [6, 6.07) is 7.09. The van der Waals surface area contributed by atoms with Crippen LogP contribution in [0, 0.1) is 5.92 Å². The molecule has 0 saturated carbocycles. The minimum absolute atomic E-state index is 0.00279. The Morgan fingerprint density at radius 1 is 1.12 bits per heavy atom.